The fraction of sp³-hybridized carbons (Fsp3) is 1.00. The normalized spacial score (nSPS) is 16.1. The molecule has 0 bridgehead atoms. The predicted molar refractivity (Wildman–Crippen MR) is 62.4 cm³/mol. The Morgan fingerprint density at radius 3 is 2.38 bits per heavy atom. The number of hydrogen-bond donors (Lipinski definition) is 2. The molecular weight excluding hydrogens is 210 g/mol. The predicted octanol–water partition coefficient (Wildman–Crippen LogP) is 0.153. The van der Waals surface area contributed by atoms with E-state index in [9.17, 15) is 5.11 Å². The summed E-state index contributed by atoms with van der Waals surface area (Å²) in [6.45, 7) is 7.05. The lowest BCUT2D eigenvalue weighted by atomic mass is 10.1. The third-order valence-electron chi connectivity index (χ3n) is 1.76. The smallest absolute Gasteiger partial charge is 0.101 e. The summed E-state index contributed by atoms with van der Waals surface area (Å²) in [4.78, 5) is 0. The third kappa shape index (κ3) is 10.3. The van der Waals surface area contributed by atoms with E-state index in [1.54, 1.807) is 7.11 Å². The lowest BCUT2D eigenvalue weighted by Gasteiger charge is -2.20. The van der Waals surface area contributed by atoms with Crippen LogP contribution in [0.15, 0.2) is 0 Å². The molecule has 2 unspecified atom stereocenters. The van der Waals surface area contributed by atoms with Gasteiger partial charge in [0.1, 0.15) is 6.10 Å². The molecule has 16 heavy (non-hydrogen) atoms. The highest BCUT2D eigenvalue weighted by Gasteiger charge is 2.13. The summed E-state index contributed by atoms with van der Waals surface area (Å²) in [5, 5.41) is 9.53. The summed E-state index contributed by atoms with van der Waals surface area (Å²) in [5.41, 5.74) is 5.36. The number of rotatable bonds is 9. The van der Waals surface area contributed by atoms with Gasteiger partial charge in [0.05, 0.1) is 32.5 Å². The van der Waals surface area contributed by atoms with Gasteiger partial charge in [0.15, 0.2) is 0 Å². The minimum Gasteiger partial charge on any atom is -0.388 e. The molecule has 0 aromatic rings. The van der Waals surface area contributed by atoms with Crippen LogP contribution in [0.3, 0.4) is 0 Å². The molecule has 5 nitrogen and oxygen atoms in total. The molecule has 0 fully saturated rings. The van der Waals surface area contributed by atoms with Gasteiger partial charge in [-0.25, -0.2) is 0 Å². The average molecular weight is 235 g/mol. The van der Waals surface area contributed by atoms with Crippen molar-refractivity contribution in [1.29, 1.82) is 0 Å². The van der Waals surface area contributed by atoms with Crippen LogP contribution in [0.4, 0.5) is 0 Å². The zero-order valence-corrected chi connectivity index (χ0v) is 10.7. The lowest BCUT2D eigenvalue weighted by molar-refractivity contribution is -0.0601. The first-order valence-corrected chi connectivity index (χ1v) is 5.50. The summed E-state index contributed by atoms with van der Waals surface area (Å²) >= 11 is 0. The number of nitrogens with two attached hydrogens (primary N) is 1. The molecule has 0 rings (SSSR count). The van der Waals surface area contributed by atoms with Crippen molar-refractivity contribution in [3.05, 3.63) is 0 Å². The zero-order valence-electron chi connectivity index (χ0n) is 10.7. The van der Waals surface area contributed by atoms with E-state index in [2.05, 4.69) is 0 Å². The maximum absolute atomic E-state index is 9.53. The van der Waals surface area contributed by atoms with Crippen LogP contribution in [0.25, 0.3) is 0 Å². The summed E-state index contributed by atoms with van der Waals surface area (Å²) in [7, 11) is 1.61. The lowest BCUT2D eigenvalue weighted by Crippen LogP contribution is -2.39. The molecule has 0 aliphatic rings. The van der Waals surface area contributed by atoms with Gasteiger partial charge in [-0.1, -0.05) is 0 Å². The average Bonchev–Trinajstić information content (AvgIpc) is 2.13. The van der Waals surface area contributed by atoms with Crippen molar-refractivity contribution in [2.45, 2.75) is 38.5 Å². The molecule has 0 aliphatic carbocycles. The van der Waals surface area contributed by atoms with Gasteiger partial charge in [-0.3, -0.25) is 0 Å². The molecule has 0 saturated heterocycles. The van der Waals surface area contributed by atoms with Gasteiger partial charge in [0.2, 0.25) is 0 Å². The van der Waals surface area contributed by atoms with Crippen molar-refractivity contribution in [2.24, 2.45) is 5.73 Å². The summed E-state index contributed by atoms with van der Waals surface area (Å²) < 4.78 is 15.5. The van der Waals surface area contributed by atoms with Crippen LogP contribution in [-0.4, -0.2) is 56.4 Å². The summed E-state index contributed by atoms with van der Waals surface area (Å²) in [5.74, 6) is 0. The highest BCUT2D eigenvalue weighted by molar-refractivity contribution is 4.70. The van der Waals surface area contributed by atoms with Gasteiger partial charge in [-0.2, -0.15) is 0 Å². The van der Waals surface area contributed by atoms with Crippen LogP contribution >= 0.6 is 0 Å². The Balaban J connectivity index is 3.48. The minimum atomic E-state index is -0.623. The molecule has 3 N–H and O–H groups in total. The monoisotopic (exact) mass is 235 g/mol. The third-order valence-corrected chi connectivity index (χ3v) is 1.76. The fourth-order valence-corrected chi connectivity index (χ4v) is 1.06. The minimum absolute atomic E-state index is 0.0226. The van der Waals surface area contributed by atoms with Crippen LogP contribution in [0.1, 0.15) is 20.8 Å². The van der Waals surface area contributed by atoms with Crippen molar-refractivity contribution < 1.29 is 19.3 Å². The second kappa shape index (κ2) is 7.97. The van der Waals surface area contributed by atoms with Gasteiger partial charge < -0.3 is 25.1 Å². The number of aliphatic hydroxyl groups excluding tert-OH is 1. The van der Waals surface area contributed by atoms with E-state index in [-0.39, 0.29) is 24.9 Å². The highest BCUT2D eigenvalue weighted by Crippen LogP contribution is 1.99. The molecule has 0 spiro atoms. The summed E-state index contributed by atoms with van der Waals surface area (Å²) in [6.07, 6.45) is -0.646. The van der Waals surface area contributed by atoms with Crippen molar-refractivity contribution in [1.82, 2.24) is 0 Å². The van der Waals surface area contributed by atoms with Crippen molar-refractivity contribution >= 4 is 0 Å². The Kier molecular flexibility index (Phi) is 7.87. The van der Waals surface area contributed by atoms with Gasteiger partial charge in [-0.15, -0.1) is 0 Å². The Hall–Kier alpha value is -0.200. The standard InChI is InChI=1S/C11H25NO4/c1-9(5-14-4)16-7-10(13)6-15-8-11(2,3)12/h9-10,13H,5-8,12H2,1-4H3. The molecule has 0 aromatic heterocycles. The van der Waals surface area contributed by atoms with E-state index < -0.39 is 6.10 Å². The number of ether oxygens (including phenoxy) is 3. The van der Waals surface area contributed by atoms with E-state index in [1.165, 1.54) is 0 Å². The molecule has 98 valence electrons. The summed E-state index contributed by atoms with van der Waals surface area (Å²) in [6, 6.07) is 0. The molecular formula is C11H25NO4. The first-order chi connectivity index (χ1) is 7.35. The van der Waals surface area contributed by atoms with Gasteiger partial charge in [0, 0.05) is 12.6 Å². The highest BCUT2D eigenvalue weighted by atomic mass is 16.5. The maximum Gasteiger partial charge on any atom is 0.101 e. The van der Waals surface area contributed by atoms with Gasteiger partial charge in [-0.05, 0) is 20.8 Å². The zero-order chi connectivity index (χ0) is 12.6. The van der Waals surface area contributed by atoms with Crippen LogP contribution in [-0.2, 0) is 14.2 Å². The van der Waals surface area contributed by atoms with Crippen molar-refractivity contribution in [3.63, 3.8) is 0 Å². The molecule has 2 atom stereocenters. The van der Waals surface area contributed by atoms with Crippen molar-refractivity contribution in [2.75, 3.05) is 33.5 Å². The maximum atomic E-state index is 9.53. The van der Waals surface area contributed by atoms with E-state index in [4.69, 9.17) is 19.9 Å². The number of aliphatic hydroxyl groups is 1. The molecule has 0 aromatic carbocycles. The molecule has 0 heterocycles. The molecule has 0 radical (unpaired) electrons. The van der Waals surface area contributed by atoms with E-state index in [1.807, 2.05) is 20.8 Å². The van der Waals surface area contributed by atoms with E-state index >= 15 is 0 Å². The van der Waals surface area contributed by atoms with Crippen LogP contribution < -0.4 is 5.73 Å². The Morgan fingerprint density at radius 1 is 1.25 bits per heavy atom. The van der Waals surface area contributed by atoms with E-state index in [0.29, 0.717) is 13.2 Å². The second-order valence-corrected chi connectivity index (χ2v) is 4.76. The number of methoxy groups -OCH3 is 1. The largest absolute Gasteiger partial charge is 0.388 e. The van der Waals surface area contributed by atoms with Gasteiger partial charge >= 0.3 is 0 Å². The molecule has 0 aliphatic heterocycles. The first kappa shape index (κ1) is 15.8. The Bertz CT molecular complexity index is 170. The Labute approximate surface area is 97.9 Å². The molecule has 0 saturated carbocycles. The topological polar surface area (TPSA) is 73.9 Å². The van der Waals surface area contributed by atoms with Crippen molar-refractivity contribution in [3.8, 4) is 0 Å². The van der Waals surface area contributed by atoms with Crippen LogP contribution in [0.5, 0.6) is 0 Å². The fourth-order valence-electron chi connectivity index (χ4n) is 1.06. The SMILES string of the molecule is COCC(C)OCC(O)COCC(C)(C)N. The Morgan fingerprint density at radius 2 is 1.88 bits per heavy atom. The second-order valence-electron chi connectivity index (χ2n) is 4.76. The van der Waals surface area contributed by atoms with Gasteiger partial charge in [0.25, 0.3) is 0 Å². The molecule has 0 amide bonds. The quantitative estimate of drug-likeness (QED) is 0.595. The van der Waals surface area contributed by atoms with E-state index in [0.717, 1.165) is 0 Å². The first-order valence-electron chi connectivity index (χ1n) is 5.50. The number of hydrogen-bond acceptors (Lipinski definition) is 5. The van der Waals surface area contributed by atoms with Crippen LogP contribution in [0.2, 0.25) is 0 Å². The van der Waals surface area contributed by atoms with Crippen LogP contribution in [0, 0.1) is 0 Å². The molecule has 5 heteroatoms.